The zero-order valence-electron chi connectivity index (χ0n) is 11.5. The molecule has 1 aromatic rings. The van der Waals surface area contributed by atoms with Crippen molar-refractivity contribution in [3.63, 3.8) is 0 Å². The molecule has 5 heteroatoms. The Morgan fingerprint density at radius 3 is 2.84 bits per heavy atom. The largest absolute Gasteiger partial charge is 0.463 e. The average Bonchev–Trinajstić information content (AvgIpc) is 2.87. The standard InChI is InChI=1S/C14H21NO4/c1-14(5-7-18-8-6-14)10-15-9-11-3-4-12(19-11)13(16)17-2/h3-4,15H,5-10H2,1-2H3. The van der Waals surface area contributed by atoms with E-state index in [9.17, 15) is 4.79 Å². The summed E-state index contributed by atoms with van der Waals surface area (Å²) in [4.78, 5) is 11.2. The van der Waals surface area contributed by atoms with Crippen molar-refractivity contribution in [2.24, 2.45) is 5.41 Å². The van der Waals surface area contributed by atoms with E-state index in [0.717, 1.165) is 38.4 Å². The van der Waals surface area contributed by atoms with Gasteiger partial charge in [0.2, 0.25) is 5.76 Å². The highest BCUT2D eigenvalue weighted by Gasteiger charge is 2.26. The van der Waals surface area contributed by atoms with Gasteiger partial charge in [-0.15, -0.1) is 0 Å². The summed E-state index contributed by atoms with van der Waals surface area (Å²) in [5.41, 5.74) is 0.288. The molecule has 2 rings (SSSR count). The minimum Gasteiger partial charge on any atom is -0.463 e. The fourth-order valence-corrected chi connectivity index (χ4v) is 2.21. The maximum absolute atomic E-state index is 11.2. The normalized spacial score (nSPS) is 18.2. The summed E-state index contributed by atoms with van der Waals surface area (Å²) in [7, 11) is 1.34. The molecular weight excluding hydrogens is 246 g/mol. The van der Waals surface area contributed by atoms with E-state index in [1.54, 1.807) is 12.1 Å². The minimum absolute atomic E-state index is 0.247. The number of esters is 1. The summed E-state index contributed by atoms with van der Waals surface area (Å²) in [5.74, 6) is 0.551. The Balaban J connectivity index is 1.79. The number of furan rings is 1. The summed E-state index contributed by atoms with van der Waals surface area (Å²) in [6, 6.07) is 3.44. The third-order valence-electron chi connectivity index (χ3n) is 3.60. The van der Waals surface area contributed by atoms with Crippen molar-refractivity contribution in [1.82, 2.24) is 5.32 Å². The Kier molecular flexibility index (Phi) is 4.61. The average molecular weight is 267 g/mol. The van der Waals surface area contributed by atoms with Gasteiger partial charge in [0.1, 0.15) is 5.76 Å². The van der Waals surface area contributed by atoms with Crippen LogP contribution in [0.15, 0.2) is 16.5 Å². The van der Waals surface area contributed by atoms with Crippen molar-refractivity contribution in [2.45, 2.75) is 26.3 Å². The highest BCUT2D eigenvalue weighted by atomic mass is 16.5. The molecule has 1 N–H and O–H groups in total. The molecule has 0 radical (unpaired) electrons. The van der Waals surface area contributed by atoms with E-state index in [1.807, 2.05) is 0 Å². The number of hydrogen-bond acceptors (Lipinski definition) is 5. The maximum atomic E-state index is 11.2. The maximum Gasteiger partial charge on any atom is 0.373 e. The molecule has 1 aromatic heterocycles. The number of ether oxygens (including phenoxy) is 2. The topological polar surface area (TPSA) is 60.7 Å². The Morgan fingerprint density at radius 2 is 2.16 bits per heavy atom. The molecule has 1 saturated heterocycles. The molecular formula is C14H21NO4. The van der Waals surface area contributed by atoms with E-state index >= 15 is 0 Å². The predicted molar refractivity (Wildman–Crippen MR) is 69.9 cm³/mol. The number of carbonyl (C=O) groups is 1. The smallest absolute Gasteiger partial charge is 0.373 e. The molecule has 106 valence electrons. The summed E-state index contributed by atoms with van der Waals surface area (Å²) in [6.45, 7) is 5.49. The zero-order chi connectivity index (χ0) is 13.7. The summed E-state index contributed by atoms with van der Waals surface area (Å²) in [5, 5.41) is 3.38. The third-order valence-corrected chi connectivity index (χ3v) is 3.60. The fourth-order valence-electron chi connectivity index (χ4n) is 2.21. The Morgan fingerprint density at radius 1 is 1.42 bits per heavy atom. The molecule has 0 amide bonds. The van der Waals surface area contributed by atoms with Gasteiger partial charge < -0.3 is 19.2 Å². The zero-order valence-corrected chi connectivity index (χ0v) is 11.5. The minimum atomic E-state index is -0.442. The van der Waals surface area contributed by atoms with Crippen LogP contribution in [0.1, 0.15) is 36.1 Å². The number of carbonyl (C=O) groups excluding carboxylic acids is 1. The highest BCUT2D eigenvalue weighted by Crippen LogP contribution is 2.28. The number of nitrogens with one attached hydrogen (secondary N) is 1. The molecule has 0 aromatic carbocycles. The fraction of sp³-hybridized carbons (Fsp3) is 0.643. The second-order valence-electron chi connectivity index (χ2n) is 5.28. The van der Waals surface area contributed by atoms with Crippen LogP contribution in [0.25, 0.3) is 0 Å². The van der Waals surface area contributed by atoms with Crippen LogP contribution in [0.2, 0.25) is 0 Å². The van der Waals surface area contributed by atoms with E-state index in [-0.39, 0.29) is 11.2 Å². The first-order valence-corrected chi connectivity index (χ1v) is 6.58. The lowest BCUT2D eigenvalue weighted by atomic mass is 9.82. The molecule has 1 aliphatic rings. The molecule has 0 aliphatic carbocycles. The first kappa shape index (κ1) is 14.1. The monoisotopic (exact) mass is 267 g/mol. The molecule has 1 fully saturated rings. The van der Waals surface area contributed by atoms with Crippen LogP contribution < -0.4 is 5.32 Å². The van der Waals surface area contributed by atoms with Crippen molar-refractivity contribution in [3.05, 3.63) is 23.7 Å². The molecule has 19 heavy (non-hydrogen) atoms. The first-order chi connectivity index (χ1) is 9.13. The molecule has 0 spiro atoms. The Bertz CT molecular complexity index is 421. The second kappa shape index (κ2) is 6.21. The van der Waals surface area contributed by atoms with Gasteiger partial charge in [-0.25, -0.2) is 4.79 Å². The lowest BCUT2D eigenvalue weighted by Crippen LogP contribution is -2.36. The van der Waals surface area contributed by atoms with Crippen molar-refractivity contribution >= 4 is 5.97 Å². The van der Waals surface area contributed by atoms with Gasteiger partial charge in [0, 0.05) is 19.8 Å². The van der Waals surface area contributed by atoms with Crippen LogP contribution in [-0.2, 0) is 16.0 Å². The Labute approximate surface area is 113 Å². The van der Waals surface area contributed by atoms with E-state index in [4.69, 9.17) is 9.15 Å². The van der Waals surface area contributed by atoms with Crippen LogP contribution >= 0.6 is 0 Å². The van der Waals surface area contributed by atoms with Gasteiger partial charge in [-0.3, -0.25) is 0 Å². The van der Waals surface area contributed by atoms with Gasteiger partial charge in [0.05, 0.1) is 13.7 Å². The molecule has 1 aliphatic heterocycles. The van der Waals surface area contributed by atoms with Gasteiger partial charge in [-0.2, -0.15) is 0 Å². The molecule has 2 heterocycles. The number of hydrogen-bond donors (Lipinski definition) is 1. The van der Waals surface area contributed by atoms with Crippen molar-refractivity contribution < 1.29 is 18.7 Å². The first-order valence-electron chi connectivity index (χ1n) is 6.58. The Hall–Kier alpha value is -1.33. The highest BCUT2D eigenvalue weighted by molar-refractivity contribution is 5.86. The molecule has 0 saturated carbocycles. The molecule has 5 nitrogen and oxygen atoms in total. The molecule has 0 unspecified atom stereocenters. The summed E-state index contributed by atoms with van der Waals surface area (Å²) < 4.78 is 15.4. The van der Waals surface area contributed by atoms with Gasteiger partial charge in [-0.05, 0) is 30.4 Å². The van der Waals surface area contributed by atoms with Crippen LogP contribution in [0, 0.1) is 5.41 Å². The van der Waals surface area contributed by atoms with Crippen molar-refractivity contribution in [3.8, 4) is 0 Å². The quantitative estimate of drug-likeness (QED) is 0.826. The van der Waals surface area contributed by atoms with E-state index < -0.39 is 5.97 Å². The van der Waals surface area contributed by atoms with Crippen LogP contribution in [0.3, 0.4) is 0 Å². The molecule has 0 atom stereocenters. The third kappa shape index (κ3) is 3.81. The van der Waals surface area contributed by atoms with Crippen LogP contribution in [0.5, 0.6) is 0 Å². The SMILES string of the molecule is COC(=O)c1ccc(CNCC2(C)CCOCC2)o1. The number of rotatable bonds is 5. The van der Waals surface area contributed by atoms with Gasteiger partial charge >= 0.3 is 5.97 Å². The van der Waals surface area contributed by atoms with Crippen molar-refractivity contribution in [2.75, 3.05) is 26.9 Å². The lowest BCUT2D eigenvalue weighted by Gasteiger charge is -2.33. The van der Waals surface area contributed by atoms with Gasteiger partial charge in [0.15, 0.2) is 0 Å². The lowest BCUT2D eigenvalue weighted by molar-refractivity contribution is 0.0238. The van der Waals surface area contributed by atoms with Gasteiger partial charge in [-0.1, -0.05) is 6.92 Å². The van der Waals surface area contributed by atoms with Crippen molar-refractivity contribution in [1.29, 1.82) is 0 Å². The van der Waals surface area contributed by atoms with E-state index in [0.29, 0.717) is 6.54 Å². The van der Waals surface area contributed by atoms with Crippen LogP contribution in [0.4, 0.5) is 0 Å². The van der Waals surface area contributed by atoms with Gasteiger partial charge in [0.25, 0.3) is 0 Å². The van der Waals surface area contributed by atoms with Crippen LogP contribution in [-0.4, -0.2) is 32.8 Å². The summed E-state index contributed by atoms with van der Waals surface area (Å²) in [6.07, 6.45) is 2.15. The number of methoxy groups -OCH3 is 1. The predicted octanol–water partition coefficient (Wildman–Crippen LogP) is 1.97. The second-order valence-corrected chi connectivity index (χ2v) is 5.28. The summed E-state index contributed by atoms with van der Waals surface area (Å²) >= 11 is 0. The molecule has 0 bridgehead atoms. The van der Waals surface area contributed by atoms with E-state index in [2.05, 4.69) is 17.0 Å². The van der Waals surface area contributed by atoms with E-state index in [1.165, 1.54) is 7.11 Å².